The minimum atomic E-state index is -2.87. The van der Waals surface area contributed by atoms with Crippen LogP contribution in [-0.2, 0) is 4.79 Å². The maximum atomic E-state index is 12.0. The molecule has 2 aromatic rings. The molecule has 4 nitrogen and oxygen atoms in total. The highest BCUT2D eigenvalue weighted by Gasteiger charge is 2.08. The second-order valence-electron chi connectivity index (χ2n) is 4.94. The van der Waals surface area contributed by atoms with E-state index in [1.165, 1.54) is 24.3 Å². The van der Waals surface area contributed by atoms with E-state index in [-0.39, 0.29) is 18.3 Å². The summed E-state index contributed by atoms with van der Waals surface area (Å²) in [6.45, 7) is 0.872. The molecule has 0 atom stereocenters. The second-order valence-corrected chi connectivity index (χ2v) is 4.94. The molecule has 0 heterocycles. The first-order chi connectivity index (χ1) is 11.0. The van der Waals surface area contributed by atoms with E-state index in [1.54, 1.807) is 6.07 Å². The van der Waals surface area contributed by atoms with Crippen molar-refractivity contribution < 1.29 is 23.0 Å². The molecule has 0 saturated carbocycles. The van der Waals surface area contributed by atoms with Gasteiger partial charge >= 0.3 is 6.61 Å². The van der Waals surface area contributed by atoms with Gasteiger partial charge < -0.3 is 14.8 Å². The Morgan fingerprint density at radius 2 is 1.83 bits per heavy atom. The van der Waals surface area contributed by atoms with Crippen molar-refractivity contribution in [1.29, 1.82) is 0 Å². The van der Waals surface area contributed by atoms with E-state index in [0.717, 1.165) is 11.1 Å². The number of anilines is 1. The van der Waals surface area contributed by atoms with E-state index in [2.05, 4.69) is 10.1 Å². The molecule has 0 aliphatic heterocycles. The number of alkyl halides is 2. The minimum Gasteiger partial charge on any atom is -0.483 e. The van der Waals surface area contributed by atoms with E-state index < -0.39 is 6.61 Å². The van der Waals surface area contributed by atoms with Gasteiger partial charge in [-0.2, -0.15) is 8.78 Å². The van der Waals surface area contributed by atoms with Gasteiger partial charge in [-0.15, -0.1) is 0 Å². The molecule has 23 heavy (non-hydrogen) atoms. The minimum absolute atomic E-state index is 0.0321. The quantitative estimate of drug-likeness (QED) is 0.877. The van der Waals surface area contributed by atoms with E-state index in [0.29, 0.717) is 11.4 Å². The van der Waals surface area contributed by atoms with E-state index in [4.69, 9.17) is 4.74 Å². The molecule has 0 aliphatic carbocycles. The van der Waals surface area contributed by atoms with Crippen molar-refractivity contribution in [3.05, 3.63) is 53.6 Å². The summed E-state index contributed by atoms with van der Waals surface area (Å²) in [7, 11) is 0. The smallest absolute Gasteiger partial charge is 0.387 e. The fourth-order valence-electron chi connectivity index (χ4n) is 1.94. The third-order valence-corrected chi connectivity index (χ3v) is 3.28. The average molecular weight is 321 g/mol. The fourth-order valence-corrected chi connectivity index (χ4v) is 1.94. The van der Waals surface area contributed by atoms with Crippen LogP contribution in [0.1, 0.15) is 11.1 Å². The summed E-state index contributed by atoms with van der Waals surface area (Å²) in [5.41, 5.74) is 2.53. The van der Waals surface area contributed by atoms with Crippen molar-refractivity contribution in [1.82, 2.24) is 0 Å². The number of ether oxygens (including phenoxy) is 2. The maximum absolute atomic E-state index is 12.0. The highest BCUT2D eigenvalue weighted by molar-refractivity contribution is 5.91. The standard InChI is InChI=1S/C17H17F2NO3/c1-11-4-3-5-15(12(11)2)22-10-16(21)20-13-6-8-14(9-7-13)23-17(18)19/h3-9,17H,10H2,1-2H3,(H,20,21). The third-order valence-electron chi connectivity index (χ3n) is 3.28. The van der Waals surface area contributed by atoms with Crippen molar-refractivity contribution in [2.75, 3.05) is 11.9 Å². The zero-order valence-corrected chi connectivity index (χ0v) is 12.8. The molecule has 0 radical (unpaired) electrons. The van der Waals surface area contributed by atoms with Gasteiger partial charge in [-0.3, -0.25) is 4.79 Å². The number of benzene rings is 2. The summed E-state index contributed by atoms with van der Waals surface area (Å²) in [5.74, 6) is 0.346. The number of hydrogen-bond acceptors (Lipinski definition) is 3. The zero-order chi connectivity index (χ0) is 16.8. The van der Waals surface area contributed by atoms with Crippen LogP contribution in [0.25, 0.3) is 0 Å². The highest BCUT2D eigenvalue weighted by Crippen LogP contribution is 2.21. The van der Waals surface area contributed by atoms with Gasteiger partial charge in [0.05, 0.1) is 0 Å². The van der Waals surface area contributed by atoms with Crippen LogP contribution < -0.4 is 14.8 Å². The van der Waals surface area contributed by atoms with Crippen molar-refractivity contribution in [3.8, 4) is 11.5 Å². The van der Waals surface area contributed by atoms with Crippen LogP contribution in [0.2, 0.25) is 0 Å². The van der Waals surface area contributed by atoms with Crippen LogP contribution in [0.3, 0.4) is 0 Å². The van der Waals surface area contributed by atoms with Gasteiger partial charge in [0.15, 0.2) is 6.61 Å². The van der Waals surface area contributed by atoms with Crippen LogP contribution in [0.5, 0.6) is 11.5 Å². The zero-order valence-electron chi connectivity index (χ0n) is 12.8. The number of amides is 1. The van der Waals surface area contributed by atoms with Gasteiger partial charge in [-0.25, -0.2) is 0 Å². The molecule has 0 saturated heterocycles. The Balaban J connectivity index is 1.88. The largest absolute Gasteiger partial charge is 0.483 e. The Morgan fingerprint density at radius 3 is 2.48 bits per heavy atom. The Labute approximate surface area is 133 Å². The molecular weight excluding hydrogens is 304 g/mol. The Bertz CT molecular complexity index is 672. The van der Waals surface area contributed by atoms with Gasteiger partial charge in [0.25, 0.3) is 5.91 Å². The number of nitrogens with one attached hydrogen (secondary N) is 1. The van der Waals surface area contributed by atoms with Crippen LogP contribution in [-0.4, -0.2) is 19.1 Å². The van der Waals surface area contributed by atoms with E-state index in [9.17, 15) is 13.6 Å². The van der Waals surface area contributed by atoms with Gasteiger partial charge in [-0.05, 0) is 55.3 Å². The van der Waals surface area contributed by atoms with Crippen LogP contribution >= 0.6 is 0 Å². The Hall–Kier alpha value is -2.63. The molecule has 0 fully saturated rings. The lowest BCUT2D eigenvalue weighted by Gasteiger charge is -2.11. The first-order valence-electron chi connectivity index (χ1n) is 6.99. The number of hydrogen-bond donors (Lipinski definition) is 1. The topological polar surface area (TPSA) is 47.6 Å². The molecular formula is C17H17F2NO3. The number of aryl methyl sites for hydroxylation is 1. The summed E-state index contributed by atoms with van der Waals surface area (Å²) in [6, 6.07) is 11.3. The molecule has 1 N–H and O–H groups in total. The number of carbonyl (C=O) groups excluding carboxylic acids is 1. The van der Waals surface area contributed by atoms with E-state index >= 15 is 0 Å². The van der Waals surface area contributed by atoms with Crippen molar-refractivity contribution in [3.63, 3.8) is 0 Å². The lowest BCUT2D eigenvalue weighted by molar-refractivity contribution is -0.118. The molecule has 6 heteroatoms. The van der Waals surface area contributed by atoms with Crippen LogP contribution in [0.4, 0.5) is 14.5 Å². The number of halogens is 2. The average Bonchev–Trinajstić information content (AvgIpc) is 2.50. The molecule has 0 aliphatic rings. The third kappa shape index (κ3) is 4.95. The first-order valence-corrected chi connectivity index (χ1v) is 6.99. The normalized spacial score (nSPS) is 10.5. The van der Waals surface area contributed by atoms with Crippen molar-refractivity contribution in [2.24, 2.45) is 0 Å². The van der Waals surface area contributed by atoms with Crippen LogP contribution in [0.15, 0.2) is 42.5 Å². The summed E-state index contributed by atoms with van der Waals surface area (Å²) in [5, 5.41) is 2.62. The molecule has 1 amide bonds. The molecule has 0 unspecified atom stereocenters. The number of rotatable bonds is 6. The Morgan fingerprint density at radius 1 is 1.13 bits per heavy atom. The highest BCUT2D eigenvalue weighted by atomic mass is 19.3. The summed E-state index contributed by atoms with van der Waals surface area (Å²) < 4.78 is 33.8. The molecule has 0 aromatic heterocycles. The molecule has 122 valence electrons. The van der Waals surface area contributed by atoms with Crippen molar-refractivity contribution in [2.45, 2.75) is 20.5 Å². The number of carbonyl (C=O) groups is 1. The summed E-state index contributed by atoms with van der Waals surface area (Å²) in [4.78, 5) is 11.9. The molecule has 2 aromatic carbocycles. The second kappa shape index (κ2) is 7.58. The summed E-state index contributed by atoms with van der Waals surface area (Å²) >= 11 is 0. The lowest BCUT2D eigenvalue weighted by Crippen LogP contribution is -2.20. The van der Waals surface area contributed by atoms with E-state index in [1.807, 2.05) is 26.0 Å². The Kier molecular flexibility index (Phi) is 5.51. The predicted octanol–water partition coefficient (Wildman–Crippen LogP) is 3.92. The molecule has 2 rings (SSSR count). The van der Waals surface area contributed by atoms with Gasteiger partial charge in [0, 0.05) is 5.69 Å². The maximum Gasteiger partial charge on any atom is 0.387 e. The first kappa shape index (κ1) is 16.7. The van der Waals surface area contributed by atoms with Crippen molar-refractivity contribution >= 4 is 11.6 Å². The SMILES string of the molecule is Cc1cccc(OCC(=O)Nc2ccc(OC(F)F)cc2)c1C. The molecule has 0 bridgehead atoms. The van der Waals surface area contributed by atoms with Gasteiger partial charge in [-0.1, -0.05) is 12.1 Å². The fraction of sp³-hybridized carbons (Fsp3) is 0.235. The van der Waals surface area contributed by atoms with Gasteiger partial charge in [0.2, 0.25) is 0 Å². The van der Waals surface area contributed by atoms with Crippen LogP contribution in [0, 0.1) is 13.8 Å². The summed E-state index contributed by atoms with van der Waals surface area (Å²) in [6.07, 6.45) is 0. The molecule has 0 spiro atoms. The monoisotopic (exact) mass is 321 g/mol. The predicted molar refractivity (Wildman–Crippen MR) is 83.1 cm³/mol. The van der Waals surface area contributed by atoms with Gasteiger partial charge in [0.1, 0.15) is 11.5 Å². The lowest BCUT2D eigenvalue weighted by atomic mass is 10.1.